The van der Waals surface area contributed by atoms with Gasteiger partial charge in [0.25, 0.3) is 0 Å². The molecule has 2 rings (SSSR count). The summed E-state index contributed by atoms with van der Waals surface area (Å²) in [6.45, 7) is 3.63. The van der Waals surface area contributed by atoms with Crippen LogP contribution in [-0.4, -0.2) is 35.3 Å². The van der Waals surface area contributed by atoms with Gasteiger partial charge in [-0.25, -0.2) is 9.78 Å². The predicted molar refractivity (Wildman–Crippen MR) is 67.8 cm³/mol. The number of ether oxygens (including phenoxy) is 1. The topological polar surface area (TPSA) is 71.5 Å². The fourth-order valence-corrected chi connectivity index (χ4v) is 2.34. The zero-order valence-electron chi connectivity index (χ0n) is 10.4. The lowest BCUT2D eigenvalue weighted by atomic mass is 9.99. The number of carboxylic acids is 1. The number of aromatic carboxylic acids is 1. The summed E-state index contributed by atoms with van der Waals surface area (Å²) in [5.74, 6) is -0.565. The van der Waals surface area contributed by atoms with Gasteiger partial charge in [0.15, 0.2) is 5.69 Å². The molecule has 1 saturated heterocycles. The number of hydrogen-bond acceptors (Lipinski definition) is 4. The van der Waals surface area contributed by atoms with Gasteiger partial charge in [-0.1, -0.05) is 6.92 Å². The highest BCUT2D eigenvalue weighted by Gasteiger charge is 2.26. The molecule has 2 atom stereocenters. The Bertz CT molecular complexity index is 422. The van der Waals surface area contributed by atoms with E-state index in [0.717, 1.165) is 26.0 Å². The summed E-state index contributed by atoms with van der Waals surface area (Å²) in [4.78, 5) is 14.9. The Kier molecular flexibility index (Phi) is 4.15. The Balaban J connectivity index is 2.00. The molecule has 0 amide bonds. The fraction of sp³-hybridized carbons (Fsp3) is 0.538. The Hall–Kier alpha value is -1.62. The van der Waals surface area contributed by atoms with Crippen LogP contribution in [0, 0.1) is 5.92 Å². The van der Waals surface area contributed by atoms with Gasteiger partial charge >= 0.3 is 5.97 Å². The highest BCUT2D eigenvalue weighted by molar-refractivity contribution is 5.91. The van der Waals surface area contributed by atoms with E-state index < -0.39 is 5.97 Å². The van der Waals surface area contributed by atoms with E-state index >= 15 is 0 Å². The second kappa shape index (κ2) is 5.82. The first kappa shape index (κ1) is 12.8. The number of anilines is 1. The maximum Gasteiger partial charge on any atom is 0.356 e. The third kappa shape index (κ3) is 2.79. The number of carbonyl (C=O) groups is 1. The second-order valence-corrected chi connectivity index (χ2v) is 4.45. The Morgan fingerprint density at radius 3 is 3.22 bits per heavy atom. The van der Waals surface area contributed by atoms with Gasteiger partial charge in [-0.2, -0.15) is 0 Å². The van der Waals surface area contributed by atoms with Crippen molar-refractivity contribution in [1.82, 2.24) is 4.98 Å². The third-order valence-electron chi connectivity index (χ3n) is 3.31. The molecule has 98 valence electrons. The van der Waals surface area contributed by atoms with E-state index in [4.69, 9.17) is 9.84 Å². The normalized spacial score (nSPS) is 22.9. The molecule has 1 aromatic rings. The van der Waals surface area contributed by atoms with Crippen molar-refractivity contribution >= 4 is 11.7 Å². The molecule has 2 unspecified atom stereocenters. The maximum atomic E-state index is 11.0. The number of nitrogens with one attached hydrogen (secondary N) is 1. The van der Waals surface area contributed by atoms with E-state index in [2.05, 4.69) is 17.2 Å². The van der Waals surface area contributed by atoms with Crippen molar-refractivity contribution < 1.29 is 14.6 Å². The van der Waals surface area contributed by atoms with Gasteiger partial charge in [-0.3, -0.25) is 0 Å². The molecular formula is C13H18N2O3. The molecule has 18 heavy (non-hydrogen) atoms. The van der Waals surface area contributed by atoms with Crippen molar-refractivity contribution in [2.24, 2.45) is 5.92 Å². The number of rotatable bonds is 5. The largest absolute Gasteiger partial charge is 0.476 e. The molecule has 1 fully saturated rings. The van der Waals surface area contributed by atoms with Crippen LogP contribution in [0.15, 0.2) is 18.3 Å². The maximum absolute atomic E-state index is 11.0. The van der Waals surface area contributed by atoms with Crippen molar-refractivity contribution in [2.45, 2.75) is 25.9 Å². The van der Waals surface area contributed by atoms with Crippen LogP contribution in [0.2, 0.25) is 0 Å². The first-order chi connectivity index (χ1) is 8.72. The number of hydrogen-bond donors (Lipinski definition) is 2. The monoisotopic (exact) mass is 250 g/mol. The molecule has 0 spiro atoms. The third-order valence-corrected chi connectivity index (χ3v) is 3.31. The first-order valence-electron chi connectivity index (χ1n) is 6.26. The molecule has 0 aliphatic carbocycles. The number of pyridine rings is 1. The summed E-state index contributed by atoms with van der Waals surface area (Å²) in [5.41, 5.74) is 0.649. The molecular weight excluding hydrogens is 232 g/mol. The zero-order valence-corrected chi connectivity index (χ0v) is 10.4. The van der Waals surface area contributed by atoms with Gasteiger partial charge in [0, 0.05) is 25.3 Å². The van der Waals surface area contributed by atoms with Crippen LogP contribution < -0.4 is 5.32 Å². The number of aromatic nitrogens is 1. The lowest BCUT2D eigenvalue weighted by molar-refractivity contribution is 0.0691. The smallest absolute Gasteiger partial charge is 0.356 e. The lowest BCUT2D eigenvalue weighted by Crippen LogP contribution is -2.23. The summed E-state index contributed by atoms with van der Waals surface area (Å²) in [6, 6.07) is 3.48. The van der Waals surface area contributed by atoms with Gasteiger partial charge < -0.3 is 15.2 Å². The van der Waals surface area contributed by atoms with Crippen molar-refractivity contribution in [3.63, 3.8) is 0 Å². The van der Waals surface area contributed by atoms with Crippen LogP contribution in [0.5, 0.6) is 0 Å². The second-order valence-electron chi connectivity index (χ2n) is 4.45. The van der Waals surface area contributed by atoms with Gasteiger partial charge in [-0.05, 0) is 25.0 Å². The van der Waals surface area contributed by atoms with Crippen molar-refractivity contribution in [2.75, 3.05) is 18.5 Å². The molecule has 0 saturated carbocycles. The first-order valence-corrected chi connectivity index (χ1v) is 6.26. The van der Waals surface area contributed by atoms with Gasteiger partial charge in [-0.15, -0.1) is 0 Å². The highest BCUT2D eigenvalue weighted by atomic mass is 16.5. The van der Waals surface area contributed by atoms with Crippen LogP contribution in [0.4, 0.5) is 5.69 Å². The molecule has 2 N–H and O–H groups in total. The standard InChI is InChI=1S/C13H18N2O3/c1-2-11-9(5-7-18-11)8-15-10-4-3-6-14-12(10)13(16)17/h3-4,6,9,11,15H,2,5,7-8H2,1H3,(H,16,17). The summed E-state index contributed by atoms with van der Waals surface area (Å²) in [6.07, 6.45) is 3.78. The minimum Gasteiger partial charge on any atom is -0.476 e. The Labute approximate surface area is 106 Å². The van der Waals surface area contributed by atoms with Crippen molar-refractivity contribution in [3.05, 3.63) is 24.0 Å². The summed E-state index contributed by atoms with van der Waals surface area (Å²) in [7, 11) is 0. The van der Waals surface area contributed by atoms with Crippen LogP contribution >= 0.6 is 0 Å². The summed E-state index contributed by atoms with van der Waals surface area (Å²) < 4.78 is 5.61. The van der Waals surface area contributed by atoms with Crippen LogP contribution in [0.25, 0.3) is 0 Å². The van der Waals surface area contributed by atoms with Crippen molar-refractivity contribution in [1.29, 1.82) is 0 Å². The molecule has 2 heterocycles. The molecule has 1 aliphatic rings. The van der Waals surface area contributed by atoms with Gasteiger partial charge in [0.05, 0.1) is 11.8 Å². The molecule has 0 radical (unpaired) electrons. The Morgan fingerprint density at radius 2 is 2.50 bits per heavy atom. The minimum atomic E-state index is -1.01. The minimum absolute atomic E-state index is 0.0736. The Morgan fingerprint density at radius 1 is 1.67 bits per heavy atom. The van der Waals surface area contributed by atoms with Crippen LogP contribution in [0.1, 0.15) is 30.3 Å². The average Bonchev–Trinajstić information content (AvgIpc) is 2.84. The van der Waals surface area contributed by atoms with E-state index in [0.29, 0.717) is 11.6 Å². The van der Waals surface area contributed by atoms with Crippen molar-refractivity contribution in [3.8, 4) is 0 Å². The van der Waals surface area contributed by atoms with Gasteiger partial charge in [0.1, 0.15) is 0 Å². The quantitative estimate of drug-likeness (QED) is 0.836. The van der Waals surface area contributed by atoms with Gasteiger partial charge in [0.2, 0.25) is 0 Å². The summed E-state index contributed by atoms with van der Waals surface area (Å²) in [5, 5.41) is 12.2. The van der Waals surface area contributed by atoms with E-state index in [1.807, 2.05) is 0 Å². The molecule has 5 heteroatoms. The van der Waals surface area contributed by atoms with E-state index in [1.165, 1.54) is 6.20 Å². The van der Waals surface area contributed by atoms with Crippen LogP contribution in [-0.2, 0) is 4.74 Å². The molecule has 0 aromatic carbocycles. The SMILES string of the molecule is CCC1OCCC1CNc1cccnc1C(=O)O. The molecule has 5 nitrogen and oxygen atoms in total. The summed E-state index contributed by atoms with van der Waals surface area (Å²) >= 11 is 0. The lowest BCUT2D eigenvalue weighted by Gasteiger charge is -2.18. The number of carboxylic acid groups (broad SMARTS) is 1. The average molecular weight is 250 g/mol. The van der Waals surface area contributed by atoms with E-state index in [1.54, 1.807) is 12.1 Å². The molecule has 0 bridgehead atoms. The van der Waals surface area contributed by atoms with E-state index in [-0.39, 0.29) is 11.8 Å². The predicted octanol–water partition coefficient (Wildman–Crippen LogP) is 2.01. The number of nitrogens with zero attached hydrogens (tertiary/aromatic N) is 1. The highest BCUT2D eigenvalue weighted by Crippen LogP contribution is 2.24. The van der Waals surface area contributed by atoms with E-state index in [9.17, 15) is 4.79 Å². The zero-order chi connectivity index (χ0) is 13.0. The molecule has 1 aromatic heterocycles. The molecule has 1 aliphatic heterocycles. The van der Waals surface area contributed by atoms with Crippen LogP contribution in [0.3, 0.4) is 0 Å². The fourth-order valence-electron chi connectivity index (χ4n) is 2.34.